The number of ether oxygens (including phenoxy) is 1. The Morgan fingerprint density at radius 3 is 2.73 bits per heavy atom. The number of morpholine rings is 1. The Balaban J connectivity index is 1.57. The molecule has 0 amide bonds. The number of nitrogens with one attached hydrogen (secondary N) is 2. The van der Waals surface area contributed by atoms with E-state index in [0.29, 0.717) is 0 Å². The normalized spacial score (nSPS) is 24.0. The first-order valence-electron chi connectivity index (χ1n) is 9.16. The van der Waals surface area contributed by atoms with E-state index in [1.807, 2.05) is 18.3 Å². The van der Waals surface area contributed by atoms with Gasteiger partial charge in [0.25, 0.3) is 0 Å². The fourth-order valence-electron chi connectivity index (χ4n) is 3.76. The zero-order chi connectivity index (χ0) is 17.9. The number of H-pyrrole nitrogens is 1. The molecule has 2 atom stereocenters. The van der Waals surface area contributed by atoms with Gasteiger partial charge in [-0.1, -0.05) is 6.07 Å². The van der Waals surface area contributed by atoms with Crippen LogP contribution in [0.25, 0.3) is 0 Å². The monoisotopic (exact) mass is 371 g/mol. The number of pyridine rings is 1. The van der Waals surface area contributed by atoms with Crippen molar-refractivity contribution < 1.29 is 4.74 Å². The molecule has 7 heteroatoms. The standard InChI is InChI=1S/C19H25N5OS/c1-14-5-6-16(21-14)18-17(15-4-2-3-7-20-15)22-19(26)24(18)9-8-23-10-12-25-13-11-23/h2-7,17-18,21H,8-13H2,1H3,(H,22,26)/t17-,18-/m0/s1. The number of hydrogen-bond acceptors (Lipinski definition) is 4. The average Bonchev–Trinajstić information content (AvgIpc) is 3.24. The van der Waals surface area contributed by atoms with E-state index < -0.39 is 0 Å². The van der Waals surface area contributed by atoms with Crippen LogP contribution in [0.5, 0.6) is 0 Å². The first-order valence-corrected chi connectivity index (χ1v) is 9.57. The van der Waals surface area contributed by atoms with E-state index in [-0.39, 0.29) is 12.1 Å². The van der Waals surface area contributed by atoms with Gasteiger partial charge in [-0.15, -0.1) is 0 Å². The Hall–Kier alpha value is -1.96. The highest BCUT2D eigenvalue weighted by Gasteiger charge is 2.40. The molecule has 0 aliphatic carbocycles. The van der Waals surface area contributed by atoms with Crippen LogP contribution in [0.15, 0.2) is 36.5 Å². The SMILES string of the molecule is Cc1ccc([C@H]2[C@H](c3ccccn3)NC(=S)N2CCN2CCOCC2)[nH]1. The lowest BCUT2D eigenvalue weighted by Crippen LogP contribution is -2.42. The summed E-state index contributed by atoms with van der Waals surface area (Å²) in [6, 6.07) is 10.5. The predicted octanol–water partition coefficient (Wildman–Crippen LogP) is 2.02. The molecule has 0 bridgehead atoms. The first-order chi connectivity index (χ1) is 12.7. The van der Waals surface area contributed by atoms with Crippen LogP contribution in [0.1, 0.15) is 29.2 Å². The van der Waals surface area contributed by atoms with Gasteiger partial charge in [-0.3, -0.25) is 9.88 Å². The first kappa shape index (κ1) is 17.5. The summed E-state index contributed by atoms with van der Waals surface area (Å²) in [6.07, 6.45) is 1.84. The highest BCUT2D eigenvalue weighted by atomic mass is 32.1. The van der Waals surface area contributed by atoms with E-state index >= 15 is 0 Å². The lowest BCUT2D eigenvalue weighted by Gasteiger charge is -2.31. The van der Waals surface area contributed by atoms with Gasteiger partial charge in [0, 0.05) is 43.8 Å². The molecule has 0 unspecified atom stereocenters. The second-order valence-electron chi connectivity index (χ2n) is 6.87. The second kappa shape index (κ2) is 7.73. The molecule has 0 spiro atoms. The summed E-state index contributed by atoms with van der Waals surface area (Å²) in [5, 5.41) is 4.29. The molecule has 4 rings (SSSR count). The van der Waals surface area contributed by atoms with Crippen LogP contribution >= 0.6 is 12.2 Å². The van der Waals surface area contributed by atoms with E-state index in [1.165, 1.54) is 5.69 Å². The van der Waals surface area contributed by atoms with E-state index in [0.717, 1.165) is 55.9 Å². The van der Waals surface area contributed by atoms with Gasteiger partial charge in [0.15, 0.2) is 5.11 Å². The highest BCUT2D eigenvalue weighted by Crippen LogP contribution is 2.37. The van der Waals surface area contributed by atoms with Gasteiger partial charge < -0.3 is 19.9 Å². The number of aromatic nitrogens is 2. The molecule has 0 saturated carbocycles. The van der Waals surface area contributed by atoms with Gasteiger partial charge in [-0.25, -0.2) is 0 Å². The molecule has 2 saturated heterocycles. The third kappa shape index (κ3) is 3.60. The van der Waals surface area contributed by atoms with E-state index in [1.54, 1.807) is 0 Å². The zero-order valence-corrected chi connectivity index (χ0v) is 15.8. The van der Waals surface area contributed by atoms with Crippen molar-refractivity contribution in [3.8, 4) is 0 Å². The third-order valence-electron chi connectivity index (χ3n) is 5.13. The molecular weight excluding hydrogens is 346 g/mol. The van der Waals surface area contributed by atoms with Gasteiger partial charge in [0.2, 0.25) is 0 Å². The Labute approximate surface area is 159 Å². The van der Waals surface area contributed by atoms with Gasteiger partial charge >= 0.3 is 0 Å². The molecule has 2 aliphatic heterocycles. The summed E-state index contributed by atoms with van der Waals surface area (Å²) in [5.41, 5.74) is 3.35. The topological polar surface area (TPSA) is 56.4 Å². The summed E-state index contributed by atoms with van der Waals surface area (Å²) < 4.78 is 5.45. The van der Waals surface area contributed by atoms with Gasteiger partial charge in [-0.05, 0) is 43.4 Å². The highest BCUT2D eigenvalue weighted by molar-refractivity contribution is 7.80. The molecule has 2 N–H and O–H groups in total. The second-order valence-corrected chi connectivity index (χ2v) is 7.26. The number of nitrogens with zero attached hydrogens (tertiary/aromatic N) is 3. The van der Waals surface area contributed by atoms with Crippen molar-refractivity contribution in [1.29, 1.82) is 0 Å². The average molecular weight is 372 g/mol. The van der Waals surface area contributed by atoms with E-state index in [9.17, 15) is 0 Å². The molecular formula is C19H25N5OS. The molecule has 2 aromatic rings. The maximum atomic E-state index is 5.70. The third-order valence-corrected chi connectivity index (χ3v) is 5.48. The quantitative estimate of drug-likeness (QED) is 0.785. The number of thiocarbonyl (C=S) groups is 1. The van der Waals surface area contributed by atoms with E-state index in [4.69, 9.17) is 17.0 Å². The van der Waals surface area contributed by atoms with Crippen LogP contribution in [-0.2, 0) is 4.74 Å². The Morgan fingerprint density at radius 1 is 1.19 bits per heavy atom. The minimum Gasteiger partial charge on any atom is -0.379 e. The van der Waals surface area contributed by atoms with Gasteiger partial charge in [0.05, 0.1) is 31.0 Å². The molecule has 2 aromatic heterocycles. The summed E-state index contributed by atoms with van der Waals surface area (Å²) >= 11 is 5.70. The van der Waals surface area contributed by atoms with Crippen molar-refractivity contribution in [2.45, 2.75) is 19.0 Å². The molecule has 0 aromatic carbocycles. The van der Waals surface area contributed by atoms with Crippen molar-refractivity contribution in [3.63, 3.8) is 0 Å². The van der Waals surface area contributed by atoms with Crippen LogP contribution in [0.3, 0.4) is 0 Å². The molecule has 6 nitrogen and oxygen atoms in total. The minimum atomic E-state index is 0.0476. The molecule has 2 fully saturated rings. The number of aromatic amines is 1. The predicted molar refractivity (Wildman–Crippen MR) is 105 cm³/mol. The summed E-state index contributed by atoms with van der Waals surface area (Å²) in [4.78, 5) is 12.8. The number of hydrogen-bond donors (Lipinski definition) is 2. The lowest BCUT2D eigenvalue weighted by molar-refractivity contribution is 0.0350. The van der Waals surface area contributed by atoms with Gasteiger partial charge in [-0.2, -0.15) is 0 Å². The smallest absolute Gasteiger partial charge is 0.170 e. The van der Waals surface area contributed by atoms with Crippen LogP contribution < -0.4 is 5.32 Å². The van der Waals surface area contributed by atoms with Crippen molar-refractivity contribution in [2.24, 2.45) is 0 Å². The number of aryl methyl sites for hydroxylation is 1. The fraction of sp³-hybridized carbons (Fsp3) is 0.474. The number of rotatable bonds is 5. The van der Waals surface area contributed by atoms with E-state index in [2.05, 4.69) is 50.2 Å². The molecule has 4 heterocycles. The lowest BCUT2D eigenvalue weighted by atomic mass is 10.0. The van der Waals surface area contributed by atoms with Crippen molar-refractivity contribution >= 4 is 17.3 Å². The van der Waals surface area contributed by atoms with Crippen molar-refractivity contribution in [3.05, 3.63) is 53.6 Å². The molecule has 0 radical (unpaired) electrons. The summed E-state index contributed by atoms with van der Waals surface area (Å²) in [7, 11) is 0. The molecule has 26 heavy (non-hydrogen) atoms. The molecule has 138 valence electrons. The Bertz CT molecular complexity index is 743. The maximum absolute atomic E-state index is 5.70. The largest absolute Gasteiger partial charge is 0.379 e. The Kier molecular flexibility index (Phi) is 5.19. The summed E-state index contributed by atoms with van der Waals surface area (Å²) in [5.74, 6) is 0. The van der Waals surface area contributed by atoms with Gasteiger partial charge in [0.1, 0.15) is 0 Å². The zero-order valence-electron chi connectivity index (χ0n) is 15.0. The van der Waals surface area contributed by atoms with Crippen molar-refractivity contribution in [1.82, 2.24) is 25.1 Å². The Morgan fingerprint density at radius 2 is 2.04 bits per heavy atom. The van der Waals surface area contributed by atoms with Crippen LogP contribution in [0.4, 0.5) is 0 Å². The fourth-order valence-corrected chi connectivity index (χ4v) is 4.09. The van der Waals surface area contributed by atoms with Crippen molar-refractivity contribution in [2.75, 3.05) is 39.4 Å². The molecule has 2 aliphatic rings. The van der Waals surface area contributed by atoms with Crippen LogP contribution in [0.2, 0.25) is 0 Å². The van der Waals surface area contributed by atoms with Crippen LogP contribution in [-0.4, -0.2) is 64.3 Å². The summed E-state index contributed by atoms with van der Waals surface area (Å²) in [6.45, 7) is 7.57. The minimum absolute atomic E-state index is 0.0476. The maximum Gasteiger partial charge on any atom is 0.170 e. The van der Waals surface area contributed by atoms with Crippen LogP contribution in [0, 0.1) is 6.92 Å².